The first-order valence-electron chi connectivity index (χ1n) is 13.2. The zero-order chi connectivity index (χ0) is 31.4. The summed E-state index contributed by atoms with van der Waals surface area (Å²) in [5.74, 6) is -5.68. The highest BCUT2D eigenvalue weighted by Crippen LogP contribution is 2.23. The first-order chi connectivity index (χ1) is 19.9. The monoisotopic (exact) mass is 594 g/mol. The lowest BCUT2D eigenvalue weighted by Gasteiger charge is -2.29. The molecule has 1 aliphatic heterocycles. The molecule has 3 unspecified atom stereocenters. The van der Waals surface area contributed by atoms with Gasteiger partial charge in [-0.2, -0.15) is 0 Å². The van der Waals surface area contributed by atoms with Gasteiger partial charge in [-0.15, -0.1) is 0 Å². The van der Waals surface area contributed by atoms with Gasteiger partial charge in [0, 0.05) is 23.9 Å². The van der Waals surface area contributed by atoms with E-state index in [1.807, 2.05) is 0 Å². The average molecular weight is 595 g/mol. The van der Waals surface area contributed by atoms with Gasteiger partial charge < -0.3 is 37.4 Å². The van der Waals surface area contributed by atoms with E-state index >= 15 is 0 Å². The van der Waals surface area contributed by atoms with Crippen LogP contribution in [0.25, 0.3) is 0 Å². The van der Waals surface area contributed by atoms with E-state index in [2.05, 4.69) is 20.9 Å². The quantitative estimate of drug-likeness (QED) is 0.126. The van der Waals surface area contributed by atoms with Gasteiger partial charge in [0.25, 0.3) is 0 Å². The van der Waals surface area contributed by atoms with Gasteiger partial charge in [-0.3, -0.25) is 38.5 Å². The highest BCUT2D eigenvalue weighted by atomic mass is 19.3. The molecule has 0 saturated carbocycles. The summed E-state index contributed by atoms with van der Waals surface area (Å²) in [4.78, 5) is 91.2. The summed E-state index contributed by atoms with van der Waals surface area (Å²) in [5.41, 5.74) is 11.1. The number of rotatable bonds is 16. The first kappa shape index (κ1) is 33.4. The second kappa shape index (κ2) is 15.9. The van der Waals surface area contributed by atoms with Crippen LogP contribution in [0.5, 0.6) is 5.75 Å². The lowest BCUT2D eigenvalue weighted by molar-refractivity contribution is -0.143. The Morgan fingerprint density at radius 3 is 2.45 bits per heavy atom. The third-order valence-corrected chi connectivity index (χ3v) is 6.53. The molecule has 5 amide bonds. The number of carboxylic acids is 1. The van der Waals surface area contributed by atoms with Crippen molar-refractivity contribution in [3.05, 3.63) is 23.8 Å². The Labute approximate surface area is 240 Å². The number of carboxylic acid groups (broad SMARTS) is 1. The van der Waals surface area contributed by atoms with Crippen molar-refractivity contribution in [3.63, 3.8) is 0 Å². The maximum atomic E-state index is 13.4. The number of halogens is 1. The molecule has 0 aromatic heterocycles. The summed E-state index contributed by atoms with van der Waals surface area (Å²) in [6.07, 6.45) is -0.873. The van der Waals surface area contributed by atoms with E-state index in [1.54, 1.807) is 6.92 Å². The minimum Gasteiger partial charge on any atom is -0.481 e. The number of ketones is 1. The molecule has 1 saturated heterocycles. The van der Waals surface area contributed by atoms with Gasteiger partial charge in [0.1, 0.15) is 18.1 Å². The Balaban J connectivity index is 2.17. The number of carbonyl (C=O) groups excluding carboxylic acids is 6. The number of benzene rings is 1. The number of Topliss-reactive ketones (excluding diaryl/α,β-unsaturated/α-hetero) is 1. The number of nitrogens with zero attached hydrogens (tertiary/aromatic N) is 1. The van der Waals surface area contributed by atoms with Crippen LogP contribution in [-0.4, -0.2) is 82.5 Å². The molecule has 1 aromatic carbocycles. The van der Waals surface area contributed by atoms with Crippen molar-refractivity contribution in [3.8, 4) is 5.75 Å². The minimum atomic E-state index is -1.53. The molecule has 1 aromatic rings. The lowest BCUT2D eigenvalue weighted by atomic mass is 10.1. The van der Waals surface area contributed by atoms with E-state index in [0.717, 1.165) is 0 Å². The van der Waals surface area contributed by atoms with Gasteiger partial charge in [0.15, 0.2) is 11.5 Å². The molecule has 1 heterocycles. The van der Waals surface area contributed by atoms with Crippen LogP contribution in [0.2, 0.25) is 0 Å². The van der Waals surface area contributed by atoms with Gasteiger partial charge in [0.05, 0.1) is 25.1 Å². The summed E-state index contributed by atoms with van der Waals surface area (Å²) in [5, 5.41) is 16.4. The Kier molecular flexibility index (Phi) is 12.6. The van der Waals surface area contributed by atoms with E-state index in [4.69, 9.17) is 11.5 Å². The number of carbonyl (C=O) groups is 7. The smallest absolute Gasteiger partial charge is 0.303 e. The fourth-order valence-electron chi connectivity index (χ4n) is 4.35. The fourth-order valence-corrected chi connectivity index (χ4v) is 4.35. The lowest BCUT2D eigenvalue weighted by Crippen LogP contribution is -2.57. The van der Waals surface area contributed by atoms with Crippen LogP contribution in [0, 0.1) is 0 Å². The van der Waals surface area contributed by atoms with E-state index in [9.17, 15) is 43.2 Å². The van der Waals surface area contributed by atoms with Crippen LogP contribution in [0.4, 0.5) is 10.2 Å². The van der Waals surface area contributed by atoms with E-state index in [1.165, 1.54) is 23.1 Å². The van der Waals surface area contributed by atoms with Crippen LogP contribution in [0.15, 0.2) is 18.2 Å². The van der Waals surface area contributed by atoms with E-state index < -0.39 is 66.5 Å². The Morgan fingerprint density at radius 2 is 1.86 bits per heavy atom. The number of aliphatic carboxylic acids is 1. The van der Waals surface area contributed by atoms with Gasteiger partial charge in [0.2, 0.25) is 29.5 Å². The zero-order valence-corrected chi connectivity index (χ0v) is 23.0. The average Bonchev–Trinajstić information content (AvgIpc) is 3.42. The number of nitrogen functional groups attached to an aromatic ring is 1. The van der Waals surface area contributed by atoms with Crippen LogP contribution in [-0.2, 0) is 40.0 Å². The molecule has 0 aliphatic carbocycles. The number of anilines is 1. The highest BCUT2D eigenvalue weighted by Gasteiger charge is 2.38. The molecular weight excluding hydrogens is 559 g/mol. The van der Waals surface area contributed by atoms with Crippen LogP contribution < -0.4 is 32.4 Å². The van der Waals surface area contributed by atoms with Crippen LogP contribution >= 0.6 is 0 Å². The molecule has 1 aliphatic rings. The topological polar surface area (TPSA) is 240 Å². The first-order valence-corrected chi connectivity index (χ1v) is 13.2. The minimum absolute atomic E-state index is 0.0834. The molecule has 2 rings (SSSR count). The molecule has 8 N–H and O–H groups in total. The van der Waals surface area contributed by atoms with Crippen molar-refractivity contribution in [1.29, 1.82) is 0 Å². The maximum Gasteiger partial charge on any atom is 0.303 e. The van der Waals surface area contributed by atoms with Gasteiger partial charge in [-0.1, -0.05) is 13.0 Å². The number of amides is 5. The predicted octanol–water partition coefficient (Wildman–Crippen LogP) is -1.13. The molecule has 3 atom stereocenters. The summed E-state index contributed by atoms with van der Waals surface area (Å²) in [6.45, 7) is 1.58. The molecule has 230 valence electrons. The van der Waals surface area contributed by atoms with Gasteiger partial charge in [-0.05, 0) is 37.0 Å². The van der Waals surface area contributed by atoms with Crippen molar-refractivity contribution in [2.45, 2.75) is 70.0 Å². The molecule has 16 heteroatoms. The number of primary amides is 1. The van der Waals surface area contributed by atoms with Crippen molar-refractivity contribution < 1.29 is 48.1 Å². The van der Waals surface area contributed by atoms with Crippen LogP contribution in [0.1, 0.15) is 51.0 Å². The summed E-state index contributed by atoms with van der Waals surface area (Å²) < 4.78 is 12.4. The molecule has 0 bridgehead atoms. The van der Waals surface area contributed by atoms with Crippen molar-refractivity contribution in [1.82, 2.24) is 20.9 Å². The second-order valence-corrected chi connectivity index (χ2v) is 9.71. The number of hydrogen-bond donors (Lipinski definition) is 6. The highest BCUT2D eigenvalue weighted by molar-refractivity contribution is 5.97. The van der Waals surface area contributed by atoms with E-state index in [0.29, 0.717) is 18.4 Å². The third-order valence-electron chi connectivity index (χ3n) is 6.53. The fraction of sp³-hybridized carbons (Fsp3) is 0.500. The normalized spacial score (nSPS) is 15.7. The Hall–Kier alpha value is -4.76. The molecule has 1 fully saturated rings. The number of hydrogen-bond acceptors (Lipinski definition) is 9. The standard InChI is InChI=1S/C26H35FN6O9/c1-2-15(34)13-30-25(40)19-4-3-9-33(19)26(41)17(6-8-23(37)38)32-24(39)18(12-21(29)35)31-22(36)11-14-5-7-20(42-27)16(28)10-14/h5,7,10,17-19H,2-4,6,8-9,11-13,28H2,1H3,(H2,29,35)(H,30,40)(H,31,36)(H,32,39)(H,37,38). The SMILES string of the molecule is CCC(=O)CNC(=O)C1CCCN1C(=O)C(CCC(=O)O)NC(=O)C(CC(N)=O)NC(=O)Cc1ccc(OF)c(N)c1. The molecule has 15 nitrogen and oxygen atoms in total. The molecule has 0 radical (unpaired) electrons. The van der Waals surface area contributed by atoms with Crippen molar-refractivity contribution in [2.24, 2.45) is 5.73 Å². The van der Waals surface area contributed by atoms with Crippen molar-refractivity contribution >= 4 is 47.0 Å². The number of likely N-dealkylation sites (tertiary alicyclic amines) is 1. The maximum absolute atomic E-state index is 13.4. The van der Waals surface area contributed by atoms with Gasteiger partial charge in [-0.25, -0.2) is 0 Å². The number of nitrogens with two attached hydrogens (primary N) is 2. The predicted molar refractivity (Wildman–Crippen MR) is 144 cm³/mol. The van der Waals surface area contributed by atoms with Crippen molar-refractivity contribution in [2.75, 3.05) is 18.8 Å². The van der Waals surface area contributed by atoms with Gasteiger partial charge >= 0.3 is 5.97 Å². The molecular formula is C26H35FN6O9. The molecule has 42 heavy (non-hydrogen) atoms. The summed E-state index contributed by atoms with van der Waals surface area (Å²) >= 11 is 0. The largest absolute Gasteiger partial charge is 0.481 e. The second-order valence-electron chi connectivity index (χ2n) is 9.71. The number of nitrogens with one attached hydrogen (secondary N) is 3. The van der Waals surface area contributed by atoms with Crippen LogP contribution in [0.3, 0.4) is 0 Å². The molecule has 0 spiro atoms. The Morgan fingerprint density at radius 1 is 1.14 bits per heavy atom. The zero-order valence-electron chi connectivity index (χ0n) is 23.0. The van der Waals surface area contributed by atoms with E-state index in [-0.39, 0.29) is 49.6 Å². The third kappa shape index (κ3) is 10.0. The summed E-state index contributed by atoms with van der Waals surface area (Å²) in [6, 6.07) is -0.0565. The summed E-state index contributed by atoms with van der Waals surface area (Å²) in [7, 11) is 0. The Bertz CT molecular complexity index is 1210.